The molecule has 102 valence electrons. The summed E-state index contributed by atoms with van der Waals surface area (Å²) >= 11 is 0. The van der Waals surface area contributed by atoms with Crippen molar-refractivity contribution < 1.29 is 9.52 Å². The van der Waals surface area contributed by atoms with Crippen molar-refractivity contribution in [2.45, 2.75) is 32.9 Å². The van der Waals surface area contributed by atoms with Gasteiger partial charge in [0, 0.05) is 6.54 Å². The minimum Gasteiger partial charge on any atom is -0.462 e. The van der Waals surface area contributed by atoms with Crippen LogP contribution in [-0.4, -0.2) is 36.7 Å². The van der Waals surface area contributed by atoms with Crippen LogP contribution in [0.15, 0.2) is 16.5 Å². The molecule has 0 aliphatic carbocycles. The SMILES string of the molecule is CN1CCC(C)(CNCc2ccc(CO)o2)CC1. The van der Waals surface area contributed by atoms with Gasteiger partial charge < -0.3 is 19.7 Å². The molecule has 4 nitrogen and oxygen atoms in total. The van der Waals surface area contributed by atoms with Crippen LogP contribution in [0.1, 0.15) is 31.3 Å². The Bertz CT molecular complexity index is 368. The van der Waals surface area contributed by atoms with E-state index in [-0.39, 0.29) is 6.61 Å². The highest BCUT2D eigenvalue weighted by molar-refractivity contribution is 5.06. The van der Waals surface area contributed by atoms with Crippen molar-refractivity contribution in [2.75, 3.05) is 26.7 Å². The Labute approximate surface area is 109 Å². The molecular formula is C14H24N2O2. The van der Waals surface area contributed by atoms with E-state index in [9.17, 15) is 0 Å². The number of nitrogens with one attached hydrogen (secondary N) is 1. The molecule has 0 atom stereocenters. The monoisotopic (exact) mass is 252 g/mol. The van der Waals surface area contributed by atoms with Gasteiger partial charge in [-0.3, -0.25) is 0 Å². The van der Waals surface area contributed by atoms with Crippen molar-refractivity contribution in [3.8, 4) is 0 Å². The molecular weight excluding hydrogens is 228 g/mol. The average molecular weight is 252 g/mol. The predicted octanol–water partition coefficient (Wildman–Crippen LogP) is 1.59. The lowest BCUT2D eigenvalue weighted by molar-refractivity contribution is 0.136. The molecule has 1 aliphatic rings. The number of hydrogen-bond acceptors (Lipinski definition) is 4. The predicted molar refractivity (Wildman–Crippen MR) is 71.2 cm³/mol. The highest BCUT2D eigenvalue weighted by atomic mass is 16.4. The first kappa shape index (κ1) is 13.6. The van der Waals surface area contributed by atoms with Gasteiger partial charge in [-0.1, -0.05) is 6.92 Å². The zero-order valence-corrected chi connectivity index (χ0v) is 11.4. The first-order valence-corrected chi connectivity index (χ1v) is 6.69. The smallest absolute Gasteiger partial charge is 0.129 e. The molecule has 18 heavy (non-hydrogen) atoms. The zero-order chi connectivity index (χ0) is 13.0. The fraction of sp³-hybridized carbons (Fsp3) is 0.714. The van der Waals surface area contributed by atoms with Crippen LogP contribution in [0.5, 0.6) is 0 Å². The van der Waals surface area contributed by atoms with Gasteiger partial charge in [0.15, 0.2) is 0 Å². The molecule has 2 heterocycles. The van der Waals surface area contributed by atoms with Gasteiger partial charge in [-0.25, -0.2) is 0 Å². The molecule has 1 aromatic rings. The number of piperidine rings is 1. The second-order valence-corrected chi connectivity index (χ2v) is 5.74. The summed E-state index contributed by atoms with van der Waals surface area (Å²) in [6, 6.07) is 3.75. The van der Waals surface area contributed by atoms with Crippen LogP contribution in [0.4, 0.5) is 0 Å². The zero-order valence-electron chi connectivity index (χ0n) is 11.4. The third kappa shape index (κ3) is 3.57. The van der Waals surface area contributed by atoms with Crippen molar-refractivity contribution in [3.63, 3.8) is 0 Å². The van der Waals surface area contributed by atoms with Crippen LogP contribution in [-0.2, 0) is 13.2 Å². The van der Waals surface area contributed by atoms with E-state index in [1.54, 1.807) is 0 Å². The molecule has 0 spiro atoms. The maximum absolute atomic E-state index is 8.93. The quantitative estimate of drug-likeness (QED) is 0.835. The molecule has 0 unspecified atom stereocenters. The van der Waals surface area contributed by atoms with E-state index in [0.29, 0.717) is 11.2 Å². The molecule has 2 N–H and O–H groups in total. The molecule has 0 bridgehead atoms. The van der Waals surface area contributed by atoms with E-state index in [1.165, 1.54) is 25.9 Å². The number of aliphatic hydroxyl groups is 1. The van der Waals surface area contributed by atoms with Crippen molar-refractivity contribution >= 4 is 0 Å². The van der Waals surface area contributed by atoms with Crippen molar-refractivity contribution in [3.05, 3.63) is 23.7 Å². The third-order valence-corrected chi connectivity index (χ3v) is 3.92. The lowest BCUT2D eigenvalue weighted by Gasteiger charge is -2.38. The van der Waals surface area contributed by atoms with Crippen LogP contribution in [0.2, 0.25) is 0 Å². The van der Waals surface area contributed by atoms with E-state index in [0.717, 1.165) is 18.8 Å². The highest BCUT2D eigenvalue weighted by Crippen LogP contribution is 2.29. The normalized spacial score (nSPS) is 20.2. The Balaban J connectivity index is 1.74. The minimum absolute atomic E-state index is 0.0238. The van der Waals surface area contributed by atoms with Gasteiger partial charge in [0.2, 0.25) is 0 Å². The van der Waals surface area contributed by atoms with Gasteiger partial charge >= 0.3 is 0 Å². The topological polar surface area (TPSA) is 48.6 Å². The van der Waals surface area contributed by atoms with Gasteiger partial charge in [0.1, 0.15) is 18.1 Å². The largest absolute Gasteiger partial charge is 0.462 e. The number of rotatable bonds is 5. The molecule has 1 aliphatic heterocycles. The molecule has 0 radical (unpaired) electrons. The van der Waals surface area contributed by atoms with Crippen molar-refractivity contribution in [1.82, 2.24) is 10.2 Å². The minimum atomic E-state index is -0.0238. The summed E-state index contributed by atoms with van der Waals surface area (Å²) in [6.07, 6.45) is 2.49. The van der Waals surface area contributed by atoms with E-state index in [4.69, 9.17) is 9.52 Å². The molecule has 4 heteroatoms. The van der Waals surface area contributed by atoms with Gasteiger partial charge in [-0.15, -0.1) is 0 Å². The van der Waals surface area contributed by atoms with Crippen LogP contribution in [0, 0.1) is 5.41 Å². The fourth-order valence-electron chi connectivity index (χ4n) is 2.42. The summed E-state index contributed by atoms with van der Waals surface area (Å²) in [5, 5.41) is 12.4. The van der Waals surface area contributed by atoms with E-state index in [2.05, 4.69) is 24.2 Å². The second-order valence-electron chi connectivity index (χ2n) is 5.74. The molecule has 1 fully saturated rings. The summed E-state index contributed by atoms with van der Waals surface area (Å²) in [4.78, 5) is 2.39. The molecule has 0 amide bonds. The lowest BCUT2D eigenvalue weighted by Crippen LogP contribution is -2.41. The van der Waals surface area contributed by atoms with E-state index in [1.807, 2.05) is 12.1 Å². The Hall–Kier alpha value is -0.840. The average Bonchev–Trinajstić information content (AvgIpc) is 2.81. The third-order valence-electron chi connectivity index (χ3n) is 3.92. The van der Waals surface area contributed by atoms with Gasteiger partial charge in [0.05, 0.1) is 6.54 Å². The second kappa shape index (κ2) is 5.87. The number of hydrogen-bond donors (Lipinski definition) is 2. The summed E-state index contributed by atoms with van der Waals surface area (Å²) in [7, 11) is 2.19. The number of nitrogens with zero attached hydrogens (tertiary/aromatic N) is 1. The summed E-state index contributed by atoms with van der Waals surface area (Å²) in [6.45, 7) is 6.47. The molecule has 1 saturated heterocycles. The fourth-order valence-corrected chi connectivity index (χ4v) is 2.42. The summed E-state index contributed by atoms with van der Waals surface area (Å²) in [5.74, 6) is 1.54. The first-order chi connectivity index (χ1) is 8.61. The van der Waals surface area contributed by atoms with Gasteiger partial charge in [-0.05, 0) is 50.5 Å². The van der Waals surface area contributed by atoms with E-state index < -0.39 is 0 Å². The Morgan fingerprint density at radius 2 is 2.00 bits per heavy atom. The Morgan fingerprint density at radius 1 is 1.33 bits per heavy atom. The van der Waals surface area contributed by atoms with Crippen LogP contribution < -0.4 is 5.32 Å². The number of likely N-dealkylation sites (tertiary alicyclic amines) is 1. The maximum atomic E-state index is 8.93. The number of furan rings is 1. The van der Waals surface area contributed by atoms with Crippen LogP contribution >= 0.6 is 0 Å². The Kier molecular flexibility index (Phi) is 4.43. The van der Waals surface area contributed by atoms with Crippen LogP contribution in [0.3, 0.4) is 0 Å². The van der Waals surface area contributed by atoms with Crippen LogP contribution in [0.25, 0.3) is 0 Å². The van der Waals surface area contributed by atoms with E-state index >= 15 is 0 Å². The maximum Gasteiger partial charge on any atom is 0.129 e. The Morgan fingerprint density at radius 3 is 2.61 bits per heavy atom. The molecule has 2 rings (SSSR count). The molecule has 0 aromatic carbocycles. The van der Waals surface area contributed by atoms with Crippen molar-refractivity contribution in [2.24, 2.45) is 5.41 Å². The summed E-state index contributed by atoms with van der Waals surface area (Å²) < 4.78 is 5.45. The standard InChI is InChI=1S/C14H24N2O2/c1-14(5-7-16(2)8-6-14)11-15-9-12-3-4-13(10-17)18-12/h3-4,15,17H,5-11H2,1-2H3. The lowest BCUT2D eigenvalue weighted by atomic mass is 9.80. The van der Waals surface area contributed by atoms with Gasteiger partial charge in [-0.2, -0.15) is 0 Å². The summed E-state index contributed by atoms with van der Waals surface area (Å²) in [5.41, 5.74) is 0.402. The molecule has 1 aromatic heterocycles. The molecule has 0 saturated carbocycles. The highest BCUT2D eigenvalue weighted by Gasteiger charge is 2.28. The van der Waals surface area contributed by atoms with Crippen molar-refractivity contribution in [1.29, 1.82) is 0 Å². The number of aliphatic hydroxyl groups excluding tert-OH is 1. The first-order valence-electron chi connectivity index (χ1n) is 6.69. The van der Waals surface area contributed by atoms with Gasteiger partial charge in [0.25, 0.3) is 0 Å².